The Hall–Kier alpha value is -1.77. The molecule has 1 heterocycles. The second-order valence-corrected chi connectivity index (χ2v) is 5.27. The molecule has 0 amide bonds. The Morgan fingerprint density at radius 3 is 2.95 bits per heavy atom. The van der Waals surface area contributed by atoms with Crippen molar-refractivity contribution < 1.29 is 0 Å². The maximum Gasteiger partial charge on any atom is 0.207 e. The van der Waals surface area contributed by atoms with Crippen LogP contribution in [0.15, 0.2) is 36.7 Å². The zero-order valence-corrected chi connectivity index (χ0v) is 11.5. The van der Waals surface area contributed by atoms with Crippen LogP contribution < -0.4 is 5.32 Å². The molecule has 1 N–H and O–H groups in total. The van der Waals surface area contributed by atoms with E-state index in [4.69, 9.17) is 0 Å². The van der Waals surface area contributed by atoms with E-state index >= 15 is 0 Å². The number of nitrogens with one attached hydrogen (secondary N) is 1. The lowest BCUT2D eigenvalue weighted by atomic mass is 10.1. The summed E-state index contributed by atoms with van der Waals surface area (Å²) in [6.45, 7) is 2.19. The van der Waals surface area contributed by atoms with Crippen LogP contribution >= 0.6 is 0 Å². The lowest BCUT2D eigenvalue weighted by molar-refractivity contribution is 0.740. The molecule has 0 saturated heterocycles. The molecule has 1 aliphatic carbocycles. The third kappa shape index (κ3) is 2.65. The van der Waals surface area contributed by atoms with Crippen molar-refractivity contribution in [3.05, 3.63) is 42.2 Å². The fourth-order valence-corrected chi connectivity index (χ4v) is 2.80. The Kier molecular flexibility index (Phi) is 3.53. The molecule has 2 aromatic rings. The Morgan fingerprint density at radius 1 is 1.32 bits per heavy atom. The molecule has 0 bridgehead atoms. The number of imidazole rings is 1. The van der Waals surface area contributed by atoms with Crippen LogP contribution in [-0.2, 0) is 6.42 Å². The average Bonchev–Trinajstić information content (AvgIpc) is 3.11. The molecule has 0 radical (unpaired) electrons. The van der Waals surface area contributed by atoms with Crippen LogP contribution in [0.3, 0.4) is 0 Å². The topological polar surface area (TPSA) is 29.9 Å². The maximum absolute atomic E-state index is 4.46. The van der Waals surface area contributed by atoms with Crippen molar-refractivity contribution in [2.75, 3.05) is 5.32 Å². The summed E-state index contributed by atoms with van der Waals surface area (Å²) >= 11 is 0. The molecule has 0 unspecified atom stereocenters. The predicted molar refractivity (Wildman–Crippen MR) is 78.8 cm³/mol. The molecule has 1 fully saturated rings. The van der Waals surface area contributed by atoms with Crippen LogP contribution in [0.25, 0.3) is 5.69 Å². The second-order valence-electron chi connectivity index (χ2n) is 5.27. The fourth-order valence-electron chi connectivity index (χ4n) is 2.80. The number of rotatable bonds is 4. The maximum atomic E-state index is 4.46. The van der Waals surface area contributed by atoms with Gasteiger partial charge in [-0.05, 0) is 37.0 Å². The molecule has 0 spiro atoms. The van der Waals surface area contributed by atoms with Gasteiger partial charge < -0.3 is 5.32 Å². The molecule has 1 saturated carbocycles. The Labute approximate surface area is 114 Å². The summed E-state index contributed by atoms with van der Waals surface area (Å²) in [7, 11) is 0. The first kappa shape index (κ1) is 12.3. The first-order chi connectivity index (χ1) is 9.36. The van der Waals surface area contributed by atoms with E-state index in [0.29, 0.717) is 6.04 Å². The van der Waals surface area contributed by atoms with Gasteiger partial charge in [-0.15, -0.1) is 0 Å². The lowest BCUT2D eigenvalue weighted by Crippen LogP contribution is -2.17. The quantitative estimate of drug-likeness (QED) is 0.900. The van der Waals surface area contributed by atoms with Crippen LogP contribution in [0.2, 0.25) is 0 Å². The Morgan fingerprint density at radius 2 is 2.16 bits per heavy atom. The van der Waals surface area contributed by atoms with Gasteiger partial charge in [-0.25, -0.2) is 4.98 Å². The molecule has 0 aliphatic heterocycles. The van der Waals surface area contributed by atoms with Crippen LogP contribution in [-0.4, -0.2) is 15.6 Å². The Balaban J connectivity index is 1.85. The van der Waals surface area contributed by atoms with E-state index in [1.165, 1.54) is 36.9 Å². The largest absolute Gasteiger partial charge is 0.353 e. The molecule has 100 valence electrons. The number of aryl methyl sites for hydroxylation is 1. The van der Waals surface area contributed by atoms with Gasteiger partial charge in [0, 0.05) is 24.1 Å². The molecular weight excluding hydrogens is 234 g/mol. The summed E-state index contributed by atoms with van der Waals surface area (Å²) in [5.74, 6) is 0.972. The third-order valence-corrected chi connectivity index (χ3v) is 3.93. The van der Waals surface area contributed by atoms with Crippen LogP contribution in [0.1, 0.15) is 38.2 Å². The molecule has 3 rings (SSSR count). The molecule has 19 heavy (non-hydrogen) atoms. The number of hydrogen-bond donors (Lipinski definition) is 1. The highest BCUT2D eigenvalue weighted by Crippen LogP contribution is 2.23. The van der Waals surface area contributed by atoms with E-state index in [2.05, 4.69) is 46.1 Å². The molecule has 3 heteroatoms. The minimum Gasteiger partial charge on any atom is -0.353 e. The molecule has 1 aliphatic rings. The van der Waals surface area contributed by atoms with E-state index in [1.54, 1.807) is 0 Å². The standard InChI is InChI=1S/C16H21N3/c1-2-13-6-5-9-15(12-13)19-11-10-17-16(19)18-14-7-3-4-8-14/h5-6,9-12,14H,2-4,7-8H2,1H3,(H,17,18). The summed E-state index contributed by atoms with van der Waals surface area (Å²) in [5, 5.41) is 3.58. The monoisotopic (exact) mass is 255 g/mol. The highest BCUT2D eigenvalue weighted by molar-refractivity contribution is 5.44. The predicted octanol–water partition coefficient (Wildman–Crippen LogP) is 3.79. The fraction of sp³-hybridized carbons (Fsp3) is 0.438. The van der Waals surface area contributed by atoms with Gasteiger partial charge in [0.15, 0.2) is 0 Å². The van der Waals surface area contributed by atoms with E-state index < -0.39 is 0 Å². The zero-order chi connectivity index (χ0) is 13.1. The summed E-state index contributed by atoms with van der Waals surface area (Å²) in [4.78, 5) is 4.46. The van der Waals surface area contributed by atoms with Gasteiger partial charge in [-0.1, -0.05) is 31.9 Å². The molecule has 1 aromatic carbocycles. The van der Waals surface area contributed by atoms with Crippen molar-refractivity contribution in [2.45, 2.75) is 45.1 Å². The second kappa shape index (κ2) is 5.47. The smallest absolute Gasteiger partial charge is 0.207 e. The van der Waals surface area contributed by atoms with Gasteiger partial charge in [-0.3, -0.25) is 4.57 Å². The van der Waals surface area contributed by atoms with E-state index in [9.17, 15) is 0 Å². The zero-order valence-electron chi connectivity index (χ0n) is 11.5. The summed E-state index contributed by atoms with van der Waals surface area (Å²) in [6.07, 6.45) is 10.2. The van der Waals surface area contributed by atoms with Crippen LogP contribution in [0.4, 0.5) is 5.95 Å². The normalized spacial score (nSPS) is 15.8. The number of benzene rings is 1. The van der Waals surface area contributed by atoms with Gasteiger partial charge in [-0.2, -0.15) is 0 Å². The summed E-state index contributed by atoms with van der Waals surface area (Å²) in [6, 6.07) is 9.26. The number of hydrogen-bond acceptors (Lipinski definition) is 2. The van der Waals surface area contributed by atoms with Crippen molar-refractivity contribution in [3.63, 3.8) is 0 Å². The van der Waals surface area contributed by atoms with Crippen molar-refractivity contribution in [1.82, 2.24) is 9.55 Å². The van der Waals surface area contributed by atoms with Gasteiger partial charge in [0.25, 0.3) is 0 Å². The van der Waals surface area contributed by atoms with Crippen molar-refractivity contribution in [1.29, 1.82) is 0 Å². The van der Waals surface area contributed by atoms with E-state index in [1.807, 2.05) is 12.4 Å². The molecule has 1 aromatic heterocycles. The van der Waals surface area contributed by atoms with Gasteiger partial charge in [0.2, 0.25) is 5.95 Å². The number of nitrogens with zero attached hydrogens (tertiary/aromatic N) is 2. The first-order valence-corrected chi connectivity index (χ1v) is 7.26. The highest BCUT2D eigenvalue weighted by atomic mass is 15.2. The number of aromatic nitrogens is 2. The van der Waals surface area contributed by atoms with Crippen molar-refractivity contribution in [3.8, 4) is 5.69 Å². The molecular formula is C16H21N3. The average molecular weight is 255 g/mol. The molecule has 0 atom stereocenters. The van der Waals surface area contributed by atoms with Crippen molar-refractivity contribution >= 4 is 5.95 Å². The Bertz CT molecular complexity index is 538. The summed E-state index contributed by atoms with van der Waals surface area (Å²) in [5.41, 5.74) is 2.55. The first-order valence-electron chi connectivity index (χ1n) is 7.26. The minimum absolute atomic E-state index is 0.593. The number of anilines is 1. The van der Waals surface area contributed by atoms with Gasteiger partial charge in [0.05, 0.1) is 0 Å². The minimum atomic E-state index is 0.593. The third-order valence-electron chi connectivity index (χ3n) is 3.93. The highest BCUT2D eigenvalue weighted by Gasteiger charge is 2.16. The summed E-state index contributed by atoms with van der Waals surface area (Å²) < 4.78 is 2.15. The van der Waals surface area contributed by atoms with E-state index in [0.717, 1.165) is 12.4 Å². The van der Waals surface area contributed by atoms with E-state index in [-0.39, 0.29) is 0 Å². The lowest BCUT2D eigenvalue weighted by Gasteiger charge is -2.15. The van der Waals surface area contributed by atoms with Crippen LogP contribution in [0.5, 0.6) is 0 Å². The molecule has 3 nitrogen and oxygen atoms in total. The van der Waals surface area contributed by atoms with Crippen molar-refractivity contribution in [2.24, 2.45) is 0 Å². The van der Waals surface area contributed by atoms with Crippen LogP contribution in [0, 0.1) is 0 Å². The van der Waals surface area contributed by atoms with Gasteiger partial charge >= 0.3 is 0 Å². The SMILES string of the molecule is CCc1cccc(-n2ccnc2NC2CCCC2)c1. The van der Waals surface area contributed by atoms with Gasteiger partial charge in [0.1, 0.15) is 0 Å².